The van der Waals surface area contributed by atoms with Crippen LogP contribution in [-0.4, -0.2) is 40.0 Å². The first-order valence-corrected chi connectivity index (χ1v) is 33.0. The van der Waals surface area contributed by atoms with Crippen molar-refractivity contribution in [2.24, 2.45) is 0 Å². The molecule has 0 aliphatic carbocycles. The van der Waals surface area contributed by atoms with Gasteiger partial charge in [0.2, 0.25) is 0 Å². The van der Waals surface area contributed by atoms with Crippen LogP contribution in [0.3, 0.4) is 0 Å². The second-order valence-corrected chi connectivity index (χ2v) is 22.1. The summed E-state index contributed by atoms with van der Waals surface area (Å²) in [4.78, 5) is 0. The molecule has 0 fully saturated rings. The largest absolute Gasteiger partial charge is 0.494 e. The summed E-state index contributed by atoms with van der Waals surface area (Å²) in [7, 11) is 0. The highest BCUT2D eigenvalue weighted by Crippen LogP contribution is 2.35. The van der Waals surface area contributed by atoms with E-state index in [0.29, 0.717) is 26.4 Å². The smallest absolute Gasteiger partial charge is 0.167 e. The van der Waals surface area contributed by atoms with Crippen molar-refractivity contribution in [2.45, 2.75) is 311 Å². The van der Waals surface area contributed by atoms with Gasteiger partial charge in [-0.2, -0.15) is 0 Å². The fourth-order valence-electron chi connectivity index (χ4n) is 10.1. The lowest BCUT2D eigenvalue weighted by Crippen LogP contribution is -2.19. The summed E-state index contributed by atoms with van der Waals surface area (Å²) in [6.07, 6.45) is 47.5. The number of hydrogen-bond donors (Lipinski definition) is 0. The average Bonchev–Trinajstić information content (AvgIpc) is 3.45. The van der Waals surface area contributed by atoms with Gasteiger partial charge < -0.3 is 33.2 Å². The van der Waals surface area contributed by atoms with Crippen molar-refractivity contribution < 1.29 is 33.2 Å². The Morgan fingerprint density at radius 2 is 0.532 bits per heavy atom. The van der Waals surface area contributed by atoms with E-state index in [1.807, 2.05) is 0 Å². The number of allylic oxidation sites excluding steroid dienone is 2. The fourth-order valence-corrected chi connectivity index (χ4v) is 10.1. The molecule has 0 radical (unpaired) electrons. The second-order valence-electron chi connectivity index (χ2n) is 22.1. The van der Waals surface area contributed by atoms with E-state index in [-0.39, 0.29) is 13.6 Å². The molecule has 0 spiro atoms. The molecule has 77 heavy (non-hydrogen) atoms. The molecule has 2 atom stereocenters. The standard InChI is InChI=1S/C70H122O7/c1-7-13-19-23-27-31-35-47-57-72-65(55-41-17-11-5)69(74-59-49-37-33-29-25-21-15-9-3)67(63-51-43-39-44-52-63)76-61-71-62-77-68(64-53-45-40-46-54-64)70(75-60-50-38-34-30-26-22-16-10-4)66(56-42-18-12-6)73-58-48-36-32-28-24-20-14-8-2/h39-40,43-46,51-54,67-68H,7-38,41-42,47-50,55-62H2,1-6H3. The molecule has 2 rings (SSSR count). The highest BCUT2D eigenvalue weighted by molar-refractivity contribution is 5.27. The van der Waals surface area contributed by atoms with Crippen LogP contribution in [0.4, 0.5) is 0 Å². The summed E-state index contributed by atoms with van der Waals surface area (Å²) >= 11 is 0. The van der Waals surface area contributed by atoms with Crippen molar-refractivity contribution in [1.82, 2.24) is 0 Å². The SMILES string of the molecule is CCCCCCCCCCOC(CCCCC)=C(OCCCCCCCCCC)C(OCOCOC(C(OCCCCCCCCCC)=C(CCCCC)OCCCCCCCCCC)c1ccccc1)c1ccccc1. The quantitative estimate of drug-likeness (QED) is 0.0371. The van der Waals surface area contributed by atoms with Crippen molar-refractivity contribution in [3.05, 3.63) is 94.8 Å². The van der Waals surface area contributed by atoms with Crippen molar-refractivity contribution in [2.75, 3.05) is 40.0 Å². The van der Waals surface area contributed by atoms with Gasteiger partial charge in [-0.3, -0.25) is 0 Å². The topological polar surface area (TPSA) is 64.6 Å². The van der Waals surface area contributed by atoms with Crippen LogP contribution in [0.1, 0.15) is 322 Å². The molecule has 7 nitrogen and oxygen atoms in total. The van der Waals surface area contributed by atoms with Crippen LogP contribution in [0.5, 0.6) is 0 Å². The molecule has 0 aliphatic rings. The molecule has 0 bridgehead atoms. The molecule has 0 aromatic heterocycles. The van der Waals surface area contributed by atoms with Crippen LogP contribution in [0.25, 0.3) is 0 Å². The number of hydrogen-bond acceptors (Lipinski definition) is 7. The highest BCUT2D eigenvalue weighted by atomic mass is 16.7. The van der Waals surface area contributed by atoms with Crippen LogP contribution in [-0.2, 0) is 33.2 Å². The maximum Gasteiger partial charge on any atom is 0.167 e. The van der Waals surface area contributed by atoms with Crippen LogP contribution >= 0.6 is 0 Å². The molecule has 7 heteroatoms. The van der Waals surface area contributed by atoms with Gasteiger partial charge in [-0.25, -0.2) is 0 Å². The van der Waals surface area contributed by atoms with E-state index in [4.69, 9.17) is 33.2 Å². The van der Waals surface area contributed by atoms with E-state index in [1.165, 1.54) is 167 Å². The molecule has 2 aromatic carbocycles. The number of rotatable bonds is 58. The third-order valence-electron chi connectivity index (χ3n) is 14.9. The van der Waals surface area contributed by atoms with Crippen LogP contribution in [0, 0.1) is 0 Å². The predicted molar refractivity (Wildman–Crippen MR) is 328 cm³/mol. The van der Waals surface area contributed by atoms with Crippen molar-refractivity contribution >= 4 is 0 Å². The predicted octanol–water partition coefficient (Wildman–Crippen LogP) is 22.6. The van der Waals surface area contributed by atoms with Gasteiger partial charge in [0.25, 0.3) is 0 Å². The Labute approximate surface area is 476 Å². The van der Waals surface area contributed by atoms with E-state index in [0.717, 1.165) is 124 Å². The minimum Gasteiger partial charge on any atom is -0.494 e. The average molecular weight is 1080 g/mol. The van der Waals surface area contributed by atoms with E-state index < -0.39 is 12.2 Å². The summed E-state index contributed by atoms with van der Waals surface area (Å²) in [6, 6.07) is 21.1. The van der Waals surface area contributed by atoms with Gasteiger partial charge in [0, 0.05) is 12.8 Å². The third kappa shape index (κ3) is 37.5. The summed E-state index contributed by atoms with van der Waals surface area (Å²) in [5.41, 5.74) is 2.05. The first-order chi connectivity index (χ1) is 38.1. The number of unbranched alkanes of at least 4 members (excludes halogenated alkanes) is 32. The van der Waals surface area contributed by atoms with Gasteiger partial charge in [0.1, 0.15) is 23.7 Å². The van der Waals surface area contributed by atoms with Gasteiger partial charge in [0.05, 0.1) is 26.4 Å². The number of ether oxygens (including phenoxy) is 7. The Balaban J connectivity index is 2.43. The first-order valence-electron chi connectivity index (χ1n) is 33.0. The van der Waals surface area contributed by atoms with Gasteiger partial charge in [-0.1, -0.05) is 308 Å². The van der Waals surface area contributed by atoms with Gasteiger partial charge in [-0.15, -0.1) is 0 Å². The number of benzene rings is 2. The molecule has 0 amide bonds. The normalized spacial score (nSPS) is 13.1. The van der Waals surface area contributed by atoms with Crippen LogP contribution in [0.2, 0.25) is 0 Å². The second kappa shape index (κ2) is 53.6. The zero-order valence-electron chi connectivity index (χ0n) is 51.3. The van der Waals surface area contributed by atoms with E-state index in [2.05, 4.69) is 102 Å². The zero-order valence-corrected chi connectivity index (χ0v) is 51.3. The molecule has 0 aliphatic heterocycles. The summed E-state index contributed by atoms with van der Waals surface area (Å²) in [6.45, 7) is 16.4. The van der Waals surface area contributed by atoms with Crippen molar-refractivity contribution in [1.29, 1.82) is 0 Å². The minimum absolute atomic E-state index is 0.0163. The van der Waals surface area contributed by atoms with Crippen molar-refractivity contribution in [3.8, 4) is 0 Å². The molecule has 2 aromatic rings. The molecule has 0 saturated carbocycles. The molecular formula is C70H122O7. The van der Waals surface area contributed by atoms with E-state index in [1.54, 1.807) is 0 Å². The highest BCUT2D eigenvalue weighted by Gasteiger charge is 2.27. The molecule has 0 N–H and O–H groups in total. The van der Waals surface area contributed by atoms with Gasteiger partial charge in [-0.05, 0) is 49.7 Å². The van der Waals surface area contributed by atoms with Crippen molar-refractivity contribution in [3.63, 3.8) is 0 Å². The Kier molecular flexibility index (Phi) is 48.8. The molecular weight excluding hydrogens is 953 g/mol. The summed E-state index contributed by atoms with van der Waals surface area (Å²) in [5.74, 6) is 3.46. The maximum atomic E-state index is 6.94. The minimum atomic E-state index is -0.495. The zero-order chi connectivity index (χ0) is 55.2. The van der Waals surface area contributed by atoms with E-state index in [9.17, 15) is 0 Å². The molecule has 0 heterocycles. The first kappa shape index (κ1) is 70.1. The third-order valence-corrected chi connectivity index (χ3v) is 14.9. The Hall–Kier alpha value is -3.00. The molecule has 2 unspecified atom stereocenters. The molecule has 0 saturated heterocycles. The van der Waals surface area contributed by atoms with E-state index >= 15 is 0 Å². The van der Waals surface area contributed by atoms with Crippen LogP contribution in [0.15, 0.2) is 83.7 Å². The van der Waals surface area contributed by atoms with Gasteiger partial charge in [0.15, 0.2) is 25.1 Å². The summed E-state index contributed by atoms with van der Waals surface area (Å²) in [5, 5.41) is 0. The Bertz CT molecular complexity index is 1480. The Morgan fingerprint density at radius 1 is 0.286 bits per heavy atom. The monoisotopic (exact) mass is 1070 g/mol. The Morgan fingerprint density at radius 3 is 0.818 bits per heavy atom. The van der Waals surface area contributed by atoms with Crippen LogP contribution < -0.4 is 0 Å². The lowest BCUT2D eigenvalue weighted by molar-refractivity contribution is -0.168. The maximum absolute atomic E-state index is 6.94. The fraction of sp³-hybridized carbons (Fsp3) is 0.771. The van der Waals surface area contributed by atoms with Gasteiger partial charge >= 0.3 is 0 Å². The lowest BCUT2D eigenvalue weighted by Gasteiger charge is -2.27. The molecule has 444 valence electrons. The lowest BCUT2D eigenvalue weighted by atomic mass is 10.0. The summed E-state index contributed by atoms with van der Waals surface area (Å²) < 4.78 is 47.7.